The maximum atomic E-state index is 6.17. The highest BCUT2D eigenvalue weighted by atomic mass is 32.1. The van der Waals surface area contributed by atoms with Crippen LogP contribution in [-0.4, -0.2) is 15.7 Å². The average molecular weight is 327 g/mol. The van der Waals surface area contributed by atoms with Gasteiger partial charge in [0.1, 0.15) is 11.9 Å². The van der Waals surface area contributed by atoms with Gasteiger partial charge in [-0.2, -0.15) is 0 Å². The molecule has 0 saturated heterocycles. The van der Waals surface area contributed by atoms with Crippen LogP contribution in [0.5, 0.6) is 5.75 Å². The van der Waals surface area contributed by atoms with Crippen LogP contribution in [0.15, 0.2) is 55.1 Å². The minimum absolute atomic E-state index is 0.0928. The summed E-state index contributed by atoms with van der Waals surface area (Å²) in [5.41, 5.74) is 6.49. The van der Waals surface area contributed by atoms with Gasteiger partial charge in [-0.3, -0.25) is 0 Å². The van der Waals surface area contributed by atoms with Crippen molar-refractivity contribution < 1.29 is 4.74 Å². The number of anilines is 1. The first-order chi connectivity index (χ1) is 11.2. The minimum Gasteiger partial charge on any atom is -0.489 e. The van der Waals surface area contributed by atoms with E-state index in [0.29, 0.717) is 0 Å². The third kappa shape index (κ3) is 4.60. The number of ether oxygens (including phenoxy) is 1. The van der Waals surface area contributed by atoms with Gasteiger partial charge in [-0.15, -0.1) is 11.3 Å². The lowest BCUT2D eigenvalue weighted by molar-refractivity contribution is 0.170. The van der Waals surface area contributed by atoms with E-state index >= 15 is 0 Å². The van der Waals surface area contributed by atoms with E-state index in [1.165, 1.54) is 9.75 Å². The Labute approximate surface area is 140 Å². The molecule has 0 aliphatic heterocycles. The first-order valence-electron chi connectivity index (χ1n) is 7.72. The topological polar surface area (TPSA) is 53.1 Å². The molecule has 0 amide bonds. The van der Waals surface area contributed by atoms with Crippen molar-refractivity contribution in [2.75, 3.05) is 5.73 Å². The SMILES string of the molecule is Cc1ccc(CCC(Cn2ccnc2)Oc2ccc(N)cc2)s1. The molecule has 0 spiro atoms. The molecule has 120 valence electrons. The van der Waals surface area contributed by atoms with E-state index in [2.05, 4.69) is 28.6 Å². The average Bonchev–Trinajstić information content (AvgIpc) is 3.19. The molecular weight excluding hydrogens is 306 g/mol. The van der Waals surface area contributed by atoms with Gasteiger partial charge in [0, 0.05) is 27.8 Å². The Kier molecular flexibility index (Phi) is 4.98. The van der Waals surface area contributed by atoms with E-state index in [0.717, 1.165) is 30.8 Å². The number of rotatable bonds is 7. The number of aryl methyl sites for hydroxylation is 2. The minimum atomic E-state index is 0.0928. The summed E-state index contributed by atoms with van der Waals surface area (Å²) in [7, 11) is 0. The summed E-state index contributed by atoms with van der Waals surface area (Å²) < 4.78 is 8.23. The number of hydrogen-bond donors (Lipinski definition) is 1. The van der Waals surface area contributed by atoms with Crippen molar-refractivity contribution in [3.8, 4) is 5.75 Å². The molecule has 0 fully saturated rings. The molecule has 0 bridgehead atoms. The Morgan fingerprint density at radius 1 is 1.22 bits per heavy atom. The lowest BCUT2D eigenvalue weighted by atomic mass is 10.1. The van der Waals surface area contributed by atoms with Crippen LogP contribution in [0.3, 0.4) is 0 Å². The van der Waals surface area contributed by atoms with E-state index in [4.69, 9.17) is 10.5 Å². The monoisotopic (exact) mass is 327 g/mol. The highest BCUT2D eigenvalue weighted by Gasteiger charge is 2.13. The van der Waals surface area contributed by atoms with E-state index in [1.54, 1.807) is 6.20 Å². The molecule has 2 N–H and O–H groups in total. The second kappa shape index (κ2) is 7.33. The number of benzene rings is 1. The number of hydrogen-bond acceptors (Lipinski definition) is 4. The number of aromatic nitrogens is 2. The van der Waals surface area contributed by atoms with Gasteiger partial charge in [-0.05, 0) is 56.2 Å². The third-order valence-corrected chi connectivity index (χ3v) is 4.73. The van der Waals surface area contributed by atoms with Crippen molar-refractivity contribution in [3.05, 3.63) is 64.9 Å². The van der Waals surface area contributed by atoms with E-state index in [9.17, 15) is 0 Å². The van der Waals surface area contributed by atoms with Crippen LogP contribution in [-0.2, 0) is 13.0 Å². The smallest absolute Gasteiger partial charge is 0.119 e. The standard InChI is InChI=1S/C18H21N3OS/c1-14-2-8-18(23-14)9-7-17(12-21-11-10-20-13-21)22-16-5-3-15(19)4-6-16/h2-6,8,10-11,13,17H,7,9,12,19H2,1H3. The number of thiophene rings is 1. The number of imidazole rings is 1. The molecule has 2 heterocycles. The first-order valence-corrected chi connectivity index (χ1v) is 8.54. The van der Waals surface area contributed by atoms with Gasteiger partial charge in [0.25, 0.3) is 0 Å². The zero-order valence-electron chi connectivity index (χ0n) is 13.2. The molecule has 1 atom stereocenters. The zero-order chi connectivity index (χ0) is 16.1. The summed E-state index contributed by atoms with van der Waals surface area (Å²) in [6.45, 7) is 2.93. The number of nitrogens with two attached hydrogens (primary N) is 1. The van der Waals surface area contributed by atoms with Gasteiger partial charge in [-0.25, -0.2) is 4.98 Å². The maximum absolute atomic E-state index is 6.17. The maximum Gasteiger partial charge on any atom is 0.119 e. The molecule has 0 radical (unpaired) electrons. The third-order valence-electron chi connectivity index (χ3n) is 3.67. The van der Waals surface area contributed by atoms with Crippen LogP contribution in [0.2, 0.25) is 0 Å². The van der Waals surface area contributed by atoms with Crippen LogP contribution in [0, 0.1) is 6.92 Å². The lowest BCUT2D eigenvalue weighted by Crippen LogP contribution is -2.23. The first kappa shape index (κ1) is 15.6. The van der Waals surface area contributed by atoms with E-state index < -0.39 is 0 Å². The van der Waals surface area contributed by atoms with Gasteiger partial charge in [0.2, 0.25) is 0 Å². The highest BCUT2D eigenvalue weighted by molar-refractivity contribution is 7.11. The molecule has 3 rings (SSSR count). The van der Waals surface area contributed by atoms with Crippen LogP contribution in [0.1, 0.15) is 16.2 Å². The fraction of sp³-hybridized carbons (Fsp3) is 0.278. The second-order valence-electron chi connectivity index (χ2n) is 5.62. The van der Waals surface area contributed by atoms with Gasteiger partial charge in [0.05, 0.1) is 12.9 Å². The Bertz CT molecular complexity index is 719. The van der Waals surface area contributed by atoms with Gasteiger partial charge < -0.3 is 15.0 Å². The van der Waals surface area contributed by atoms with E-state index in [1.807, 2.05) is 48.1 Å². The highest BCUT2D eigenvalue weighted by Crippen LogP contribution is 2.21. The summed E-state index contributed by atoms with van der Waals surface area (Å²) in [6, 6.07) is 12.0. The molecule has 23 heavy (non-hydrogen) atoms. The molecule has 5 heteroatoms. The normalized spacial score (nSPS) is 12.2. The van der Waals surface area contributed by atoms with Gasteiger partial charge in [0.15, 0.2) is 0 Å². The van der Waals surface area contributed by atoms with E-state index in [-0.39, 0.29) is 6.10 Å². The molecule has 0 saturated carbocycles. The van der Waals surface area contributed by atoms with Crippen molar-refractivity contribution in [2.45, 2.75) is 32.4 Å². The summed E-state index contributed by atoms with van der Waals surface area (Å²) in [6.07, 6.45) is 7.66. The predicted molar refractivity (Wildman–Crippen MR) is 94.9 cm³/mol. The quantitative estimate of drug-likeness (QED) is 0.669. The van der Waals surface area contributed by atoms with Crippen molar-refractivity contribution in [3.63, 3.8) is 0 Å². The van der Waals surface area contributed by atoms with Crippen LogP contribution >= 0.6 is 11.3 Å². The Hall–Kier alpha value is -2.27. The molecule has 1 aromatic carbocycles. The molecule has 3 aromatic rings. The summed E-state index contributed by atoms with van der Waals surface area (Å²) in [5.74, 6) is 0.853. The predicted octanol–water partition coefficient (Wildman–Crippen LogP) is 3.92. The zero-order valence-corrected chi connectivity index (χ0v) is 14.0. The van der Waals surface area contributed by atoms with Crippen LogP contribution in [0.4, 0.5) is 5.69 Å². The second-order valence-corrected chi connectivity index (χ2v) is 6.99. The van der Waals surface area contributed by atoms with Crippen LogP contribution in [0.25, 0.3) is 0 Å². The molecule has 0 aliphatic rings. The van der Waals surface area contributed by atoms with Crippen molar-refractivity contribution in [2.24, 2.45) is 0 Å². The van der Waals surface area contributed by atoms with Crippen molar-refractivity contribution in [1.29, 1.82) is 0 Å². The summed E-state index contributed by atoms with van der Waals surface area (Å²) in [4.78, 5) is 6.86. The fourth-order valence-electron chi connectivity index (χ4n) is 2.48. The summed E-state index contributed by atoms with van der Waals surface area (Å²) >= 11 is 1.85. The Morgan fingerprint density at radius 3 is 2.70 bits per heavy atom. The van der Waals surface area contributed by atoms with Crippen molar-refractivity contribution >= 4 is 17.0 Å². The van der Waals surface area contributed by atoms with Gasteiger partial charge in [-0.1, -0.05) is 0 Å². The Morgan fingerprint density at radius 2 is 2.04 bits per heavy atom. The lowest BCUT2D eigenvalue weighted by Gasteiger charge is -2.19. The van der Waals surface area contributed by atoms with Gasteiger partial charge >= 0.3 is 0 Å². The number of nitrogen functional groups attached to an aromatic ring is 1. The molecular formula is C18H21N3OS. The largest absolute Gasteiger partial charge is 0.489 e. The molecule has 1 unspecified atom stereocenters. The number of nitrogens with zero attached hydrogens (tertiary/aromatic N) is 2. The summed E-state index contributed by atoms with van der Waals surface area (Å²) in [5, 5.41) is 0. The molecule has 0 aliphatic carbocycles. The van der Waals surface area contributed by atoms with Crippen LogP contribution < -0.4 is 10.5 Å². The molecule has 4 nitrogen and oxygen atoms in total. The molecule has 2 aromatic heterocycles. The van der Waals surface area contributed by atoms with Crippen molar-refractivity contribution in [1.82, 2.24) is 9.55 Å². The fourth-order valence-corrected chi connectivity index (χ4v) is 3.38. The Balaban J connectivity index is 1.66.